The summed E-state index contributed by atoms with van der Waals surface area (Å²) < 4.78 is 0. The van der Waals surface area contributed by atoms with Crippen LogP contribution in [0.1, 0.15) is 33.1 Å². The van der Waals surface area contributed by atoms with E-state index in [1.54, 1.807) is 0 Å². The lowest BCUT2D eigenvalue weighted by atomic mass is 9.94. The second kappa shape index (κ2) is 7.74. The lowest BCUT2D eigenvalue weighted by molar-refractivity contribution is -0.132. The van der Waals surface area contributed by atoms with Crippen LogP contribution in [-0.4, -0.2) is 62.0 Å². The summed E-state index contributed by atoms with van der Waals surface area (Å²) >= 11 is 0. The third kappa shape index (κ3) is 5.36. The highest BCUT2D eigenvalue weighted by Gasteiger charge is 2.16. The monoisotopic (exact) mass is 255 g/mol. The lowest BCUT2D eigenvalue weighted by Gasteiger charge is -2.27. The minimum Gasteiger partial charge on any atom is -0.342 e. The Kier molecular flexibility index (Phi) is 6.65. The Labute approximate surface area is 112 Å². The predicted molar refractivity (Wildman–Crippen MR) is 75.6 cm³/mol. The van der Waals surface area contributed by atoms with Crippen LogP contribution < -0.4 is 5.32 Å². The van der Waals surface area contributed by atoms with Crippen molar-refractivity contribution in [3.8, 4) is 0 Å². The largest absolute Gasteiger partial charge is 0.342 e. The Morgan fingerprint density at radius 1 is 1.28 bits per heavy atom. The first kappa shape index (κ1) is 15.4. The molecule has 1 heterocycles. The van der Waals surface area contributed by atoms with Crippen LogP contribution in [0.2, 0.25) is 0 Å². The molecule has 0 spiro atoms. The summed E-state index contributed by atoms with van der Waals surface area (Å²) in [6.07, 6.45) is 3.79. The summed E-state index contributed by atoms with van der Waals surface area (Å²) in [5.74, 6) is 1.06. The normalized spacial score (nSPS) is 17.4. The Morgan fingerprint density at radius 2 is 1.89 bits per heavy atom. The SMILES string of the molecule is CC(C)N(C)C(=O)CN(C)CCC1CCNCC1. The Morgan fingerprint density at radius 3 is 2.44 bits per heavy atom. The summed E-state index contributed by atoms with van der Waals surface area (Å²) in [6.45, 7) is 7.98. The number of hydrogen-bond donors (Lipinski definition) is 1. The van der Waals surface area contributed by atoms with Gasteiger partial charge < -0.3 is 10.2 Å². The molecule has 1 N–H and O–H groups in total. The molecule has 0 bridgehead atoms. The zero-order valence-electron chi connectivity index (χ0n) is 12.4. The van der Waals surface area contributed by atoms with Gasteiger partial charge in [0.05, 0.1) is 6.54 Å². The Hall–Kier alpha value is -0.610. The van der Waals surface area contributed by atoms with E-state index in [9.17, 15) is 4.79 Å². The van der Waals surface area contributed by atoms with E-state index < -0.39 is 0 Å². The smallest absolute Gasteiger partial charge is 0.236 e. The van der Waals surface area contributed by atoms with Crippen molar-refractivity contribution < 1.29 is 4.79 Å². The van der Waals surface area contributed by atoms with Gasteiger partial charge in [0.25, 0.3) is 0 Å². The first-order valence-electron chi connectivity index (χ1n) is 7.15. The van der Waals surface area contributed by atoms with Gasteiger partial charge in [0.1, 0.15) is 0 Å². The summed E-state index contributed by atoms with van der Waals surface area (Å²) in [7, 11) is 3.93. The zero-order valence-corrected chi connectivity index (χ0v) is 12.4. The molecule has 4 heteroatoms. The third-order valence-corrected chi connectivity index (χ3v) is 3.95. The maximum absolute atomic E-state index is 11.9. The van der Waals surface area contributed by atoms with Crippen LogP contribution in [0, 0.1) is 5.92 Å². The number of piperidine rings is 1. The molecule has 4 nitrogen and oxygen atoms in total. The van der Waals surface area contributed by atoms with E-state index in [0.29, 0.717) is 6.54 Å². The zero-order chi connectivity index (χ0) is 13.5. The molecule has 0 radical (unpaired) electrons. The van der Waals surface area contributed by atoms with Crippen LogP contribution in [0.3, 0.4) is 0 Å². The number of amides is 1. The van der Waals surface area contributed by atoms with E-state index in [-0.39, 0.29) is 11.9 Å². The van der Waals surface area contributed by atoms with E-state index in [4.69, 9.17) is 0 Å². The highest BCUT2D eigenvalue weighted by molar-refractivity contribution is 5.78. The van der Waals surface area contributed by atoms with E-state index >= 15 is 0 Å². The summed E-state index contributed by atoms with van der Waals surface area (Å²) in [4.78, 5) is 15.9. The van der Waals surface area contributed by atoms with Crippen LogP contribution in [0.5, 0.6) is 0 Å². The lowest BCUT2D eigenvalue weighted by Crippen LogP contribution is -2.40. The number of carbonyl (C=O) groups excluding carboxylic acids is 1. The van der Waals surface area contributed by atoms with Gasteiger partial charge in [-0.3, -0.25) is 9.69 Å². The fourth-order valence-electron chi connectivity index (χ4n) is 2.28. The Bertz CT molecular complexity index is 249. The molecule has 18 heavy (non-hydrogen) atoms. The number of rotatable bonds is 6. The highest BCUT2D eigenvalue weighted by atomic mass is 16.2. The van der Waals surface area contributed by atoms with E-state index in [1.807, 2.05) is 32.8 Å². The molecule has 0 aromatic heterocycles. The van der Waals surface area contributed by atoms with Crippen molar-refractivity contribution in [2.24, 2.45) is 5.92 Å². The van der Waals surface area contributed by atoms with Gasteiger partial charge in [0.15, 0.2) is 0 Å². The summed E-state index contributed by atoms with van der Waals surface area (Å²) in [5.41, 5.74) is 0. The molecule has 1 saturated heterocycles. The molecule has 0 saturated carbocycles. The molecular weight excluding hydrogens is 226 g/mol. The average molecular weight is 255 g/mol. The van der Waals surface area contributed by atoms with Gasteiger partial charge in [-0.05, 0) is 65.7 Å². The molecule has 1 aliphatic rings. The first-order chi connectivity index (χ1) is 8.50. The van der Waals surface area contributed by atoms with Gasteiger partial charge in [-0.1, -0.05) is 0 Å². The first-order valence-corrected chi connectivity index (χ1v) is 7.15. The molecule has 1 aliphatic heterocycles. The minimum absolute atomic E-state index is 0.220. The summed E-state index contributed by atoms with van der Waals surface area (Å²) in [6, 6.07) is 0.287. The van der Waals surface area contributed by atoms with Gasteiger partial charge in [-0.2, -0.15) is 0 Å². The van der Waals surface area contributed by atoms with Crippen LogP contribution in [0.15, 0.2) is 0 Å². The fourth-order valence-corrected chi connectivity index (χ4v) is 2.28. The van der Waals surface area contributed by atoms with E-state index in [1.165, 1.54) is 19.3 Å². The van der Waals surface area contributed by atoms with Gasteiger partial charge in [0.2, 0.25) is 5.91 Å². The molecule has 0 unspecified atom stereocenters. The molecule has 106 valence electrons. The summed E-state index contributed by atoms with van der Waals surface area (Å²) in [5, 5.41) is 3.39. The maximum Gasteiger partial charge on any atom is 0.236 e. The molecule has 0 aromatic carbocycles. The van der Waals surface area contributed by atoms with Crippen LogP contribution in [0.4, 0.5) is 0 Å². The standard InChI is InChI=1S/C14H29N3O/c1-12(2)17(4)14(18)11-16(3)10-7-13-5-8-15-9-6-13/h12-13,15H,5-11H2,1-4H3. The molecule has 0 aromatic rings. The number of hydrogen-bond acceptors (Lipinski definition) is 3. The molecule has 1 amide bonds. The van der Waals surface area contributed by atoms with Crippen LogP contribution in [0.25, 0.3) is 0 Å². The highest BCUT2D eigenvalue weighted by Crippen LogP contribution is 2.15. The minimum atomic E-state index is 0.220. The van der Waals surface area contributed by atoms with Crippen molar-refractivity contribution in [3.63, 3.8) is 0 Å². The fraction of sp³-hybridized carbons (Fsp3) is 0.929. The number of likely N-dealkylation sites (N-methyl/N-ethyl adjacent to an activating group) is 2. The quantitative estimate of drug-likeness (QED) is 0.774. The second-order valence-corrected chi connectivity index (χ2v) is 5.82. The molecule has 0 atom stereocenters. The molecule has 1 rings (SSSR count). The number of nitrogens with zero attached hydrogens (tertiary/aromatic N) is 2. The van der Waals surface area contributed by atoms with Gasteiger partial charge in [-0.25, -0.2) is 0 Å². The van der Waals surface area contributed by atoms with Crippen molar-refractivity contribution in [2.45, 2.75) is 39.2 Å². The van der Waals surface area contributed by atoms with Crippen molar-refractivity contribution in [3.05, 3.63) is 0 Å². The van der Waals surface area contributed by atoms with Crippen molar-refractivity contribution in [1.29, 1.82) is 0 Å². The topological polar surface area (TPSA) is 35.6 Å². The molecule has 1 fully saturated rings. The Balaban J connectivity index is 2.20. The van der Waals surface area contributed by atoms with E-state index in [2.05, 4.69) is 10.2 Å². The van der Waals surface area contributed by atoms with Crippen LogP contribution in [-0.2, 0) is 4.79 Å². The van der Waals surface area contributed by atoms with Gasteiger partial charge in [-0.15, -0.1) is 0 Å². The van der Waals surface area contributed by atoms with Crippen LogP contribution >= 0.6 is 0 Å². The molecule has 0 aliphatic carbocycles. The molecular formula is C14H29N3O. The van der Waals surface area contributed by atoms with E-state index in [0.717, 1.165) is 25.6 Å². The van der Waals surface area contributed by atoms with Gasteiger partial charge in [0, 0.05) is 13.1 Å². The third-order valence-electron chi connectivity index (χ3n) is 3.95. The number of carbonyl (C=O) groups is 1. The van der Waals surface area contributed by atoms with Crippen molar-refractivity contribution in [2.75, 3.05) is 40.3 Å². The van der Waals surface area contributed by atoms with Crippen molar-refractivity contribution >= 4 is 5.91 Å². The second-order valence-electron chi connectivity index (χ2n) is 5.82. The van der Waals surface area contributed by atoms with Crippen molar-refractivity contribution in [1.82, 2.24) is 15.1 Å². The number of nitrogens with one attached hydrogen (secondary N) is 1. The van der Waals surface area contributed by atoms with Gasteiger partial charge >= 0.3 is 0 Å². The average Bonchev–Trinajstić information content (AvgIpc) is 2.36. The maximum atomic E-state index is 11.9. The predicted octanol–water partition coefficient (Wildman–Crippen LogP) is 1.17.